The third-order valence-corrected chi connectivity index (χ3v) is 6.47. The average Bonchev–Trinajstić information content (AvgIpc) is 3.25. The molecule has 5 nitrogen and oxygen atoms in total. The van der Waals surface area contributed by atoms with Gasteiger partial charge in [-0.1, -0.05) is 19.1 Å². The van der Waals surface area contributed by atoms with E-state index in [2.05, 4.69) is 13.0 Å². The number of carbonyl (C=O) groups is 1. The van der Waals surface area contributed by atoms with Crippen molar-refractivity contribution in [1.82, 2.24) is 4.90 Å². The normalized spacial score (nSPS) is 16.8. The molecule has 0 N–H and O–H groups in total. The molecule has 1 aromatic heterocycles. The van der Waals surface area contributed by atoms with Crippen LogP contribution in [0.15, 0.2) is 47.1 Å². The van der Waals surface area contributed by atoms with Gasteiger partial charge in [-0.25, -0.2) is 0 Å². The highest BCUT2D eigenvalue weighted by atomic mass is 16.5. The highest BCUT2D eigenvalue weighted by Gasteiger charge is 2.22. The molecular formula is C28H33NO4. The van der Waals surface area contributed by atoms with Crippen molar-refractivity contribution < 1.29 is 18.7 Å². The van der Waals surface area contributed by atoms with Crippen molar-refractivity contribution in [2.45, 2.75) is 40.5 Å². The van der Waals surface area contributed by atoms with Crippen LogP contribution < -0.4 is 9.47 Å². The molecule has 174 valence electrons. The van der Waals surface area contributed by atoms with Gasteiger partial charge < -0.3 is 18.8 Å². The van der Waals surface area contributed by atoms with E-state index in [1.54, 1.807) is 19.4 Å². The fourth-order valence-electron chi connectivity index (χ4n) is 4.68. The lowest BCUT2D eigenvalue weighted by atomic mass is 9.96. The number of piperidine rings is 1. The van der Waals surface area contributed by atoms with Gasteiger partial charge in [0.05, 0.1) is 20.0 Å². The van der Waals surface area contributed by atoms with Crippen LogP contribution in [0.2, 0.25) is 0 Å². The number of amides is 1. The van der Waals surface area contributed by atoms with Crippen LogP contribution in [0, 0.1) is 12.8 Å². The number of methoxy groups -OCH3 is 1. The van der Waals surface area contributed by atoms with E-state index in [1.807, 2.05) is 49.9 Å². The van der Waals surface area contributed by atoms with E-state index >= 15 is 0 Å². The second-order valence-electron chi connectivity index (χ2n) is 8.92. The predicted octanol–water partition coefficient (Wildman–Crippen LogP) is 6.48. The molecule has 4 rings (SSSR count). The van der Waals surface area contributed by atoms with Crippen molar-refractivity contribution in [1.29, 1.82) is 0 Å². The van der Waals surface area contributed by atoms with Gasteiger partial charge in [-0.2, -0.15) is 0 Å². The van der Waals surface area contributed by atoms with Crippen molar-refractivity contribution in [3.05, 3.63) is 53.8 Å². The van der Waals surface area contributed by atoms with Crippen LogP contribution in [0.25, 0.3) is 27.7 Å². The maximum atomic E-state index is 13.0. The molecule has 1 aliphatic rings. The van der Waals surface area contributed by atoms with Crippen LogP contribution in [0.4, 0.5) is 0 Å². The minimum atomic E-state index is 0.0711. The van der Waals surface area contributed by atoms with Gasteiger partial charge in [0.15, 0.2) is 0 Å². The summed E-state index contributed by atoms with van der Waals surface area (Å²) >= 11 is 0. The lowest BCUT2D eigenvalue weighted by Gasteiger charge is -2.30. The minimum Gasteiger partial charge on any atom is -0.497 e. The Bertz CT molecular complexity index is 1170. The number of ether oxygens (including phenoxy) is 2. The van der Waals surface area contributed by atoms with Crippen LogP contribution >= 0.6 is 0 Å². The molecule has 3 aromatic rings. The van der Waals surface area contributed by atoms with Gasteiger partial charge >= 0.3 is 0 Å². The molecular weight excluding hydrogens is 414 g/mol. The topological polar surface area (TPSA) is 51.9 Å². The molecule has 0 aliphatic carbocycles. The van der Waals surface area contributed by atoms with Gasteiger partial charge in [-0.05, 0) is 68.9 Å². The fraction of sp³-hybridized carbons (Fsp3) is 0.393. The van der Waals surface area contributed by atoms with Gasteiger partial charge in [0, 0.05) is 41.2 Å². The first-order valence-corrected chi connectivity index (χ1v) is 11.7. The van der Waals surface area contributed by atoms with Crippen LogP contribution in [-0.4, -0.2) is 37.6 Å². The molecule has 1 fully saturated rings. The van der Waals surface area contributed by atoms with E-state index in [1.165, 1.54) is 6.42 Å². The Labute approximate surface area is 196 Å². The van der Waals surface area contributed by atoms with Crippen molar-refractivity contribution in [3.63, 3.8) is 0 Å². The molecule has 1 unspecified atom stereocenters. The smallest absolute Gasteiger partial charge is 0.246 e. The molecule has 2 aromatic carbocycles. The summed E-state index contributed by atoms with van der Waals surface area (Å²) in [6, 6.07) is 10.0. The Kier molecular flexibility index (Phi) is 6.77. The quantitative estimate of drug-likeness (QED) is 0.406. The number of allylic oxidation sites excluding steroid dienone is 1. The zero-order chi connectivity index (χ0) is 23.5. The van der Waals surface area contributed by atoms with Gasteiger partial charge in [-0.15, -0.1) is 0 Å². The maximum absolute atomic E-state index is 13.0. The third-order valence-electron chi connectivity index (χ3n) is 6.47. The average molecular weight is 448 g/mol. The highest BCUT2D eigenvalue weighted by molar-refractivity contribution is 6.01. The number of nitrogens with zero attached hydrogens (tertiary/aromatic N) is 1. The van der Waals surface area contributed by atoms with E-state index in [0.717, 1.165) is 69.8 Å². The zero-order valence-electron chi connectivity index (χ0n) is 20.2. The summed E-state index contributed by atoms with van der Waals surface area (Å²) in [4.78, 5) is 15.0. The van der Waals surface area contributed by atoms with Crippen molar-refractivity contribution in [3.8, 4) is 22.6 Å². The van der Waals surface area contributed by atoms with Crippen LogP contribution in [0.1, 0.15) is 44.7 Å². The number of hydrogen-bond donors (Lipinski definition) is 0. The Hall–Kier alpha value is -3.21. The van der Waals surface area contributed by atoms with E-state index < -0.39 is 0 Å². The largest absolute Gasteiger partial charge is 0.497 e. The molecule has 0 bridgehead atoms. The molecule has 1 atom stereocenters. The molecule has 0 spiro atoms. The summed E-state index contributed by atoms with van der Waals surface area (Å²) in [5.74, 6) is 2.20. The summed E-state index contributed by atoms with van der Waals surface area (Å²) in [5.41, 5.74) is 5.62. The number of likely N-dealkylation sites (tertiary alicyclic amines) is 1. The first-order valence-electron chi connectivity index (χ1n) is 11.7. The molecule has 1 aliphatic heterocycles. The minimum absolute atomic E-state index is 0.0711. The lowest BCUT2D eigenvalue weighted by molar-refractivity contribution is -0.127. The number of aryl methyl sites for hydroxylation is 1. The van der Waals surface area contributed by atoms with E-state index in [4.69, 9.17) is 13.9 Å². The Morgan fingerprint density at radius 2 is 2.03 bits per heavy atom. The fourth-order valence-corrected chi connectivity index (χ4v) is 4.68. The van der Waals surface area contributed by atoms with Crippen LogP contribution in [0.5, 0.6) is 11.5 Å². The monoisotopic (exact) mass is 447 g/mol. The number of hydrogen-bond acceptors (Lipinski definition) is 4. The summed E-state index contributed by atoms with van der Waals surface area (Å²) in [6.45, 7) is 10.4. The standard InChI is InChI=1S/C28H33NO4/c1-6-32-27-20(4)28-24(25(17-33-28)21-9-11-22(31-5)12-10-21)15-23(27)19(3)14-26(30)29-13-7-8-18(2)16-29/h9-12,14-15,17-18H,6-8,13,16H2,1-5H3/b19-14+. The first-order chi connectivity index (χ1) is 15.9. The van der Waals surface area contributed by atoms with Gasteiger partial charge in [0.25, 0.3) is 0 Å². The molecule has 0 radical (unpaired) electrons. The molecule has 2 heterocycles. The molecule has 5 heteroatoms. The van der Waals surface area contributed by atoms with E-state index in [9.17, 15) is 4.79 Å². The molecule has 1 saturated heterocycles. The molecule has 33 heavy (non-hydrogen) atoms. The first kappa shape index (κ1) is 23.0. The van der Waals surface area contributed by atoms with Crippen molar-refractivity contribution in [2.75, 3.05) is 26.8 Å². The lowest BCUT2D eigenvalue weighted by Crippen LogP contribution is -2.38. The summed E-state index contributed by atoms with van der Waals surface area (Å²) in [6.07, 6.45) is 5.80. The summed E-state index contributed by atoms with van der Waals surface area (Å²) < 4.78 is 17.3. The van der Waals surface area contributed by atoms with Crippen molar-refractivity contribution >= 4 is 22.4 Å². The Balaban J connectivity index is 1.78. The van der Waals surface area contributed by atoms with Gasteiger partial charge in [0.2, 0.25) is 5.91 Å². The summed E-state index contributed by atoms with van der Waals surface area (Å²) in [7, 11) is 1.66. The Morgan fingerprint density at radius 1 is 1.27 bits per heavy atom. The second kappa shape index (κ2) is 9.74. The van der Waals surface area contributed by atoms with Crippen LogP contribution in [-0.2, 0) is 4.79 Å². The summed E-state index contributed by atoms with van der Waals surface area (Å²) in [5, 5.41) is 1.00. The molecule has 1 amide bonds. The molecule has 0 saturated carbocycles. The second-order valence-corrected chi connectivity index (χ2v) is 8.92. The maximum Gasteiger partial charge on any atom is 0.246 e. The Morgan fingerprint density at radius 3 is 2.70 bits per heavy atom. The zero-order valence-corrected chi connectivity index (χ0v) is 20.2. The van der Waals surface area contributed by atoms with Crippen LogP contribution in [0.3, 0.4) is 0 Å². The number of fused-ring (bicyclic) bond motifs is 1. The number of benzene rings is 2. The van der Waals surface area contributed by atoms with Gasteiger partial charge in [-0.3, -0.25) is 4.79 Å². The number of furan rings is 1. The third kappa shape index (κ3) is 4.63. The van der Waals surface area contributed by atoms with E-state index in [0.29, 0.717) is 12.5 Å². The predicted molar refractivity (Wildman–Crippen MR) is 133 cm³/mol. The highest BCUT2D eigenvalue weighted by Crippen LogP contribution is 2.41. The van der Waals surface area contributed by atoms with Gasteiger partial charge in [0.1, 0.15) is 17.1 Å². The van der Waals surface area contributed by atoms with E-state index in [-0.39, 0.29) is 5.91 Å². The SMILES string of the molecule is CCOc1c(/C(C)=C/C(=O)N2CCCC(C)C2)cc2c(-c3ccc(OC)cc3)coc2c1C. The number of carbonyl (C=O) groups excluding carboxylic acids is 1. The van der Waals surface area contributed by atoms with Crippen molar-refractivity contribution in [2.24, 2.45) is 5.92 Å². The number of rotatable bonds is 6.